The number of halogens is 3. The molecule has 2 aromatic rings. The molecule has 1 atom stereocenters. The number of aromatic nitrogens is 1. The summed E-state index contributed by atoms with van der Waals surface area (Å²) in [6.07, 6.45) is -4.69. The van der Waals surface area contributed by atoms with Crippen LogP contribution < -0.4 is 5.32 Å². The Morgan fingerprint density at radius 3 is 2.47 bits per heavy atom. The Bertz CT molecular complexity index is 1240. The second-order valence-corrected chi connectivity index (χ2v) is 8.04. The number of fused-ring (bicyclic) bond motifs is 1. The third-order valence-electron chi connectivity index (χ3n) is 4.88. The van der Waals surface area contributed by atoms with Crippen molar-refractivity contribution in [1.82, 2.24) is 15.2 Å². The third-order valence-corrected chi connectivity index (χ3v) is 5.79. The van der Waals surface area contributed by atoms with E-state index in [0.29, 0.717) is 11.0 Å². The molecule has 1 aromatic heterocycles. The van der Waals surface area contributed by atoms with E-state index in [2.05, 4.69) is 10.3 Å². The van der Waals surface area contributed by atoms with Gasteiger partial charge in [-0.25, -0.2) is 4.98 Å². The van der Waals surface area contributed by atoms with Crippen molar-refractivity contribution in [2.24, 2.45) is 0 Å². The summed E-state index contributed by atoms with van der Waals surface area (Å²) in [5.74, 6) is -2.67. The highest BCUT2D eigenvalue weighted by Crippen LogP contribution is 2.36. The maximum Gasteiger partial charge on any atom is 0.416 e. The van der Waals surface area contributed by atoms with Gasteiger partial charge in [0.15, 0.2) is 0 Å². The van der Waals surface area contributed by atoms with Gasteiger partial charge in [-0.2, -0.15) is 18.4 Å². The second-order valence-electron chi connectivity index (χ2n) is 6.95. The molecule has 3 heterocycles. The Morgan fingerprint density at radius 1 is 1.09 bits per heavy atom. The molecule has 1 N–H and O–H groups in total. The Morgan fingerprint density at radius 2 is 1.81 bits per heavy atom. The van der Waals surface area contributed by atoms with Crippen LogP contribution in [0.1, 0.15) is 44.8 Å². The van der Waals surface area contributed by atoms with Gasteiger partial charge in [-0.3, -0.25) is 29.4 Å². The summed E-state index contributed by atoms with van der Waals surface area (Å²) >= 11 is 0.786. The zero-order valence-electron chi connectivity index (χ0n) is 15.9. The fraction of sp³-hybridized carbons (Fsp3) is 0.200. The summed E-state index contributed by atoms with van der Waals surface area (Å²) in [6, 6.07) is 5.95. The highest BCUT2D eigenvalue weighted by molar-refractivity contribution is 7.99. The molecule has 0 spiro atoms. The topological polar surface area (TPSA) is 120 Å². The van der Waals surface area contributed by atoms with Crippen LogP contribution in [0.2, 0.25) is 0 Å². The van der Waals surface area contributed by atoms with E-state index in [9.17, 15) is 32.3 Å². The number of rotatable bonds is 3. The van der Waals surface area contributed by atoms with E-state index in [-0.39, 0.29) is 29.0 Å². The monoisotopic (exact) mass is 460 g/mol. The summed E-state index contributed by atoms with van der Waals surface area (Å²) in [6.45, 7) is 0. The molecule has 0 saturated carbocycles. The average Bonchev–Trinajstić information content (AvgIpc) is 2.97. The van der Waals surface area contributed by atoms with E-state index in [4.69, 9.17) is 5.26 Å². The zero-order valence-corrected chi connectivity index (χ0v) is 16.7. The number of pyridine rings is 1. The SMILES string of the molecule is N#Cc1cc(C(F)(F)F)cc(Sc2ccc3c(c2)C(=O)N(C2CCC(=O)NC2=O)C3=O)n1. The number of benzene rings is 1. The van der Waals surface area contributed by atoms with Gasteiger partial charge in [0.25, 0.3) is 11.8 Å². The summed E-state index contributed by atoms with van der Waals surface area (Å²) in [4.78, 5) is 53.9. The molecule has 0 aliphatic carbocycles. The van der Waals surface area contributed by atoms with Crippen LogP contribution >= 0.6 is 11.8 Å². The number of carbonyl (C=O) groups is 4. The lowest BCUT2D eigenvalue weighted by Gasteiger charge is -2.27. The third kappa shape index (κ3) is 3.82. The first kappa shape index (κ1) is 21.5. The van der Waals surface area contributed by atoms with Crippen molar-refractivity contribution in [2.75, 3.05) is 0 Å². The van der Waals surface area contributed by atoms with Crippen LogP contribution in [-0.4, -0.2) is 39.6 Å². The maximum absolute atomic E-state index is 13.1. The van der Waals surface area contributed by atoms with Gasteiger partial charge in [-0.15, -0.1) is 0 Å². The number of nitrogens with one attached hydrogen (secondary N) is 1. The molecule has 4 amide bonds. The molecule has 4 rings (SSSR count). The molecule has 32 heavy (non-hydrogen) atoms. The van der Waals surface area contributed by atoms with Gasteiger partial charge in [0.1, 0.15) is 22.8 Å². The van der Waals surface area contributed by atoms with E-state index < -0.39 is 47.1 Å². The number of nitriles is 1. The van der Waals surface area contributed by atoms with E-state index in [1.165, 1.54) is 18.2 Å². The lowest BCUT2D eigenvalue weighted by Crippen LogP contribution is -2.54. The number of imide groups is 2. The lowest BCUT2D eigenvalue weighted by atomic mass is 10.0. The summed E-state index contributed by atoms with van der Waals surface area (Å²) < 4.78 is 39.3. The minimum absolute atomic E-state index is 0.00281. The minimum Gasteiger partial charge on any atom is -0.295 e. The van der Waals surface area contributed by atoms with Crippen molar-refractivity contribution in [3.8, 4) is 6.07 Å². The van der Waals surface area contributed by atoms with Gasteiger partial charge in [0.2, 0.25) is 11.8 Å². The number of piperidine rings is 1. The largest absolute Gasteiger partial charge is 0.416 e. The number of alkyl halides is 3. The molecule has 12 heteroatoms. The van der Waals surface area contributed by atoms with Gasteiger partial charge < -0.3 is 0 Å². The fourth-order valence-electron chi connectivity index (χ4n) is 3.41. The maximum atomic E-state index is 13.1. The van der Waals surface area contributed by atoms with Crippen LogP contribution in [0.15, 0.2) is 40.3 Å². The Labute approximate surface area is 182 Å². The van der Waals surface area contributed by atoms with Crippen LogP contribution in [0.25, 0.3) is 0 Å². The number of hydrogen-bond donors (Lipinski definition) is 1. The molecule has 0 bridgehead atoms. The molecular formula is C20H11F3N4O4S. The van der Waals surface area contributed by atoms with Crippen LogP contribution in [-0.2, 0) is 15.8 Å². The van der Waals surface area contributed by atoms with Crippen LogP contribution in [0.5, 0.6) is 0 Å². The zero-order chi connectivity index (χ0) is 23.2. The normalized spacial score (nSPS) is 18.4. The molecule has 162 valence electrons. The Hall–Kier alpha value is -3.72. The molecule has 1 unspecified atom stereocenters. The summed E-state index contributed by atoms with van der Waals surface area (Å²) in [5, 5.41) is 10.9. The van der Waals surface area contributed by atoms with E-state index >= 15 is 0 Å². The average molecular weight is 460 g/mol. The van der Waals surface area contributed by atoms with E-state index in [0.717, 1.165) is 22.7 Å². The standard InChI is InChI=1S/C20H11F3N4O4S/c21-20(22,23)9-5-10(8-24)25-16(6-9)32-11-1-2-12-13(7-11)19(31)27(18(12)30)14-3-4-15(28)26-17(14)29/h1-2,5-7,14H,3-4H2,(H,26,28,29). The molecule has 8 nitrogen and oxygen atoms in total. The second kappa shape index (κ2) is 7.76. The highest BCUT2D eigenvalue weighted by atomic mass is 32.2. The highest BCUT2D eigenvalue weighted by Gasteiger charge is 2.44. The summed E-state index contributed by atoms with van der Waals surface area (Å²) in [5.41, 5.74) is -1.43. The van der Waals surface area contributed by atoms with Crippen molar-refractivity contribution in [1.29, 1.82) is 5.26 Å². The minimum atomic E-state index is -4.67. The number of amides is 4. The first-order chi connectivity index (χ1) is 15.1. The molecule has 0 radical (unpaired) electrons. The van der Waals surface area contributed by atoms with Gasteiger partial charge >= 0.3 is 6.18 Å². The number of nitrogens with zero attached hydrogens (tertiary/aromatic N) is 3. The Balaban J connectivity index is 1.63. The van der Waals surface area contributed by atoms with Crippen molar-refractivity contribution < 1.29 is 32.3 Å². The quantitative estimate of drug-likeness (QED) is 0.699. The number of carbonyl (C=O) groups excluding carboxylic acids is 4. The molecule has 2 aliphatic rings. The first-order valence-electron chi connectivity index (χ1n) is 9.11. The molecule has 2 aliphatic heterocycles. The van der Waals surface area contributed by atoms with Crippen molar-refractivity contribution >= 4 is 35.4 Å². The van der Waals surface area contributed by atoms with E-state index in [1.807, 2.05) is 0 Å². The van der Waals surface area contributed by atoms with Crippen LogP contribution in [0, 0.1) is 11.3 Å². The van der Waals surface area contributed by atoms with Gasteiger partial charge in [-0.05, 0) is 36.8 Å². The predicted octanol–water partition coefficient (Wildman–Crippen LogP) is 2.52. The number of hydrogen-bond acceptors (Lipinski definition) is 7. The van der Waals surface area contributed by atoms with Gasteiger partial charge in [0.05, 0.1) is 16.7 Å². The Kier molecular flexibility index (Phi) is 5.21. The smallest absolute Gasteiger partial charge is 0.295 e. The van der Waals surface area contributed by atoms with Crippen LogP contribution in [0.3, 0.4) is 0 Å². The van der Waals surface area contributed by atoms with Crippen LogP contribution in [0.4, 0.5) is 13.2 Å². The van der Waals surface area contributed by atoms with Crippen molar-refractivity contribution in [3.05, 3.63) is 52.7 Å². The van der Waals surface area contributed by atoms with Gasteiger partial charge in [-0.1, -0.05) is 11.8 Å². The molecule has 1 fully saturated rings. The lowest BCUT2D eigenvalue weighted by molar-refractivity contribution is -0.138. The molecular weight excluding hydrogens is 449 g/mol. The van der Waals surface area contributed by atoms with E-state index in [1.54, 1.807) is 6.07 Å². The van der Waals surface area contributed by atoms with Crippen molar-refractivity contribution in [2.45, 2.75) is 35.0 Å². The van der Waals surface area contributed by atoms with Gasteiger partial charge in [0, 0.05) is 11.3 Å². The van der Waals surface area contributed by atoms with Crippen molar-refractivity contribution in [3.63, 3.8) is 0 Å². The predicted molar refractivity (Wildman–Crippen MR) is 101 cm³/mol. The fourth-order valence-corrected chi connectivity index (χ4v) is 4.30. The molecule has 1 aromatic carbocycles. The first-order valence-corrected chi connectivity index (χ1v) is 9.93. The summed E-state index contributed by atoms with van der Waals surface area (Å²) in [7, 11) is 0. The molecule has 1 saturated heterocycles.